The lowest BCUT2D eigenvalue weighted by Crippen LogP contribution is -2.25. The summed E-state index contributed by atoms with van der Waals surface area (Å²) in [6.07, 6.45) is 2.04. The smallest absolute Gasteiger partial charge is 0.0712 e. The maximum absolute atomic E-state index is 4.46. The van der Waals surface area contributed by atoms with Crippen molar-refractivity contribution in [1.29, 1.82) is 0 Å². The van der Waals surface area contributed by atoms with Gasteiger partial charge in [-0.2, -0.15) is 0 Å². The van der Waals surface area contributed by atoms with Crippen molar-refractivity contribution >= 4 is 23.6 Å². The SMILES string of the molecule is C=c1nc2cc(C)ccc2c/c1=C/C. The summed E-state index contributed by atoms with van der Waals surface area (Å²) in [6.45, 7) is 8.01. The molecule has 2 rings (SSSR count). The topological polar surface area (TPSA) is 12.9 Å². The molecular formula is C13H13N. The monoisotopic (exact) mass is 183 g/mol. The van der Waals surface area contributed by atoms with Gasteiger partial charge in [0.05, 0.1) is 10.9 Å². The zero-order valence-corrected chi connectivity index (χ0v) is 8.54. The number of aromatic nitrogens is 1. The molecule has 0 unspecified atom stereocenters. The van der Waals surface area contributed by atoms with Crippen molar-refractivity contribution in [3.8, 4) is 0 Å². The first-order valence-corrected chi connectivity index (χ1v) is 4.73. The Labute approximate surface area is 83.4 Å². The minimum absolute atomic E-state index is 0.852. The number of benzene rings is 1. The van der Waals surface area contributed by atoms with E-state index in [1.54, 1.807) is 0 Å². The molecule has 0 radical (unpaired) electrons. The van der Waals surface area contributed by atoms with Gasteiger partial charge in [-0.15, -0.1) is 0 Å². The minimum Gasteiger partial charge on any atom is -0.248 e. The zero-order valence-electron chi connectivity index (χ0n) is 8.54. The van der Waals surface area contributed by atoms with Crippen LogP contribution in [0.2, 0.25) is 0 Å². The average molecular weight is 183 g/mol. The predicted molar refractivity (Wildman–Crippen MR) is 61.4 cm³/mol. The van der Waals surface area contributed by atoms with Crippen LogP contribution in [0.5, 0.6) is 0 Å². The molecule has 0 aliphatic heterocycles. The van der Waals surface area contributed by atoms with Crippen molar-refractivity contribution < 1.29 is 0 Å². The fourth-order valence-electron chi connectivity index (χ4n) is 1.58. The summed E-state index contributed by atoms with van der Waals surface area (Å²) in [5, 5.41) is 3.14. The van der Waals surface area contributed by atoms with E-state index in [1.807, 2.05) is 13.0 Å². The molecule has 0 atom stereocenters. The van der Waals surface area contributed by atoms with Crippen molar-refractivity contribution in [2.45, 2.75) is 13.8 Å². The Morgan fingerprint density at radius 2 is 2.07 bits per heavy atom. The normalized spacial score (nSPS) is 12.3. The van der Waals surface area contributed by atoms with Crippen molar-refractivity contribution in [2.75, 3.05) is 0 Å². The largest absolute Gasteiger partial charge is 0.248 e. The lowest BCUT2D eigenvalue weighted by atomic mass is 10.1. The van der Waals surface area contributed by atoms with E-state index < -0.39 is 0 Å². The average Bonchev–Trinajstić information content (AvgIpc) is 2.16. The van der Waals surface area contributed by atoms with E-state index in [2.05, 4.69) is 42.8 Å². The summed E-state index contributed by atoms with van der Waals surface area (Å²) in [4.78, 5) is 4.46. The zero-order chi connectivity index (χ0) is 10.1. The van der Waals surface area contributed by atoms with Crippen LogP contribution in [-0.4, -0.2) is 4.98 Å². The van der Waals surface area contributed by atoms with Gasteiger partial charge in [-0.1, -0.05) is 24.8 Å². The van der Waals surface area contributed by atoms with Gasteiger partial charge in [-0.25, -0.2) is 4.98 Å². The molecule has 0 bridgehead atoms. The second-order valence-corrected chi connectivity index (χ2v) is 3.51. The van der Waals surface area contributed by atoms with Crippen LogP contribution < -0.4 is 10.6 Å². The third-order valence-corrected chi connectivity index (χ3v) is 2.40. The highest BCUT2D eigenvalue weighted by Crippen LogP contribution is 2.09. The first kappa shape index (κ1) is 8.95. The lowest BCUT2D eigenvalue weighted by molar-refractivity contribution is 1.28. The highest BCUT2D eigenvalue weighted by Gasteiger charge is 1.94. The van der Waals surface area contributed by atoms with Crippen LogP contribution in [-0.2, 0) is 0 Å². The van der Waals surface area contributed by atoms with E-state index >= 15 is 0 Å². The highest BCUT2D eigenvalue weighted by atomic mass is 14.7. The van der Waals surface area contributed by atoms with Gasteiger partial charge in [0.15, 0.2) is 0 Å². The van der Waals surface area contributed by atoms with E-state index in [9.17, 15) is 0 Å². The molecule has 0 N–H and O–H groups in total. The molecule has 1 heteroatoms. The first-order chi connectivity index (χ1) is 6.70. The third-order valence-electron chi connectivity index (χ3n) is 2.40. The van der Waals surface area contributed by atoms with Crippen molar-refractivity contribution in [1.82, 2.24) is 4.98 Å². The molecule has 0 spiro atoms. The van der Waals surface area contributed by atoms with Gasteiger partial charge in [0.2, 0.25) is 0 Å². The first-order valence-electron chi connectivity index (χ1n) is 4.73. The van der Waals surface area contributed by atoms with Crippen LogP contribution in [0, 0.1) is 6.92 Å². The Bertz CT molecular complexity index is 582. The standard InChI is InChI=1S/C13H13N/c1-4-11-8-12-6-5-9(2)7-13(12)14-10(11)3/h4-8H,3H2,1-2H3/b11-4-. The van der Waals surface area contributed by atoms with Gasteiger partial charge in [0.1, 0.15) is 0 Å². The third kappa shape index (κ3) is 1.41. The lowest BCUT2D eigenvalue weighted by Gasteiger charge is -1.98. The maximum atomic E-state index is 4.46. The second kappa shape index (κ2) is 3.26. The van der Waals surface area contributed by atoms with Gasteiger partial charge >= 0.3 is 0 Å². The number of nitrogens with zero attached hydrogens (tertiary/aromatic N) is 1. The van der Waals surface area contributed by atoms with Gasteiger partial charge in [-0.05, 0) is 36.8 Å². The summed E-state index contributed by atoms with van der Waals surface area (Å²) >= 11 is 0. The summed E-state index contributed by atoms with van der Waals surface area (Å²) in [7, 11) is 0. The van der Waals surface area contributed by atoms with Crippen LogP contribution in [0.4, 0.5) is 0 Å². The Hall–Kier alpha value is -1.63. The Morgan fingerprint density at radius 1 is 1.29 bits per heavy atom. The molecule has 0 aliphatic rings. The molecule has 0 fully saturated rings. The van der Waals surface area contributed by atoms with Gasteiger partial charge in [0, 0.05) is 5.39 Å². The van der Waals surface area contributed by atoms with Crippen LogP contribution in [0.3, 0.4) is 0 Å². The van der Waals surface area contributed by atoms with E-state index in [1.165, 1.54) is 10.9 Å². The quantitative estimate of drug-likeness (QED) is 0.606. The molecule has 1 aromatic heterocycles. The molecule has 0 aliphatic carbocycles. The molecule has 70 valence electrons. The van der Waals surface area contributed by atoms with E-state index in [0.717, 1.165) is 16.1 Å². The number of aryl methyl sites for hydroxylation is 1. The Balaban J connectivity index is 2.94. The number of rotatable bonds is 0. The van der Waals surface area contributed by atoms with E-state index in [0.29, 0.717) is 0 Å². The second-order valence-electron chi connectivity index (χ2n) is 3.51. The van der Waals surface area contributed by atoms with Gasteiger partial charge in [0.25, 0.3) is 0 Å². The van der Waals surface area contributed by atoms with Crippen molar-refractivity contribution in [2.24, 2.45) is 0 Å². The van der Waals surface area contributed by atoms with Crippen LogP contribution in [0.25, 0.3) is 23.6 Å². The van der Waals surface area contributed by atoms with Gasteiger partial charge < -0.3 is 0 Å². The molecule has 0 saturated heterocycles. The van der Waals surface area contributed by atoms with Crippen LogP contribution in [0.1, 0.15) is 12.5 Å². The van der Waals surface area contributed by atoms with Crippen LogP contribution in [0.15, 0.2) is 24.3 Å². The molecule has 0 saturated carbocycles. The summed E-state index contributed by atoms with van der Waals surface area (Å²) in [6, 6.07) is 8.42. The molecule has 2 aromatic rings. The van der Waals surface area contributed by atoms with E-state index in [-0.39, 0.29) is 0 Å². The van der Waals surface area contributed by atoms with E-state index in [4.69, 9.17) is 0 Å². The van der Waals surface area contributed by atoms with Gasteiger partial charge in [-0.3, -0.25) is 0 Å². The Kier molecular flexibility index (Phi) is 2.08. The summed E-state index contributed by atoms with van der Waals surface area (Å²) < 4.78 is 0. The molecular weight excluding hydrogens is 170 g/mol. The maximum Gasteiger partial charge on any atom is 0.0712 e. The van der Waals surface area contributed by atoms with Crippen molar-refractivity contribution in [3.63, 3.8) is 0 Å². The number of pyridine rings is 1. The number of hydrogen-bond acceptors (Lipinski definition) is 1. The fourth-order valence-corrected chi connectivity index (χ4v) is 1.58. The van der Waals surface area contributed by atoms with Crippen molar-refractivity contribution in [3.05, 3.63) is 40.4 Å². The Morgan fingerprint density at radius 3 is 2.79 bits per heavy atom. The summed E-state index contributed by atoms with van der Waals surface area (Å²) in [5.74, 6) is 0. The molecule has 0 amide bonds. The number of fused-ring (bicyclic) bond motifs is 1. The minimum atomic E-state index is 0.852. The summed E-state index contributed by atoms with van der Waals surface area (Å²) in [5.41, 5.74) is 2.26. The molecule has 14 heavy (non-hydrogen) atoms. The predicted octanol–water partition coefficient (Wildman–Crippen LogP) is 1.75. The van der Waals surface area contributed by atoms with Crippen LogP contribution >= 0.6 is 0 Å². The fraction of sp³-hybridized carbons (Fsp3) is 0.154. The molecule has 1 aromatic carbocycles. The molecule has 1 heterocycles. The number of hydrogen-bond donors (Lipinski definition) is 0. The highest BCUT2D eigenvalue weighted by molar-refractivity contribution is 5.79. The molecule has 1 nitrogen and oxygen atoms in total.